The van der Waals surface area contributed by atoms with Gasteiger partial charge in [0, 0.05) is 6.04 Å². The second-order valence-electron chi connectivity index (χ2n) is 5.69. The number of carboxylic acid groups (broad SMARTS) is 1. The fourth-order valence-corrected chi connectivity index (χ4v) is 2.74. The lowest BCUT2D eigenvalue weighted by atomic mass is 9.75. The van der Waals surface area contributed by atoms with E-state index in [0.717, 1.165) is 12.0 Å². The van der Waals surface area contributed by atoms with Crippen LogP contribution in [0.2, 0.25) is 0 Å². The molecule has 0 aromatic heterocycles. The third kappa shape index (κ3) is 3.01. The molecule has 114 valence electrons. The van der Waals surface area contributed by atoms with Gasteiger partial charge in [-0.15, -0.1) is 0 Å². The van der Waals surface area contributed by atoms with E-state index < -0.39 is 17.6 Å². The number of ether oxygens (including phenoxy) is 1. The maximum atomic E-state index is 12.3. The molecule has 1 saturated carbocycles. The summed E-state index contributed by atoms with van der Waals surface area (Å²) in [5, 5.41) is 9.49. The van der Waals surface area contributed by atoms with Gasteiger partial charge < -0.3 is 9.84 Å². The van der Waals surface area contributed by atoms with Crippen molar-refractivity contribution in [3.05, 3.63) is 35.9 Å². The lowest BCUT2D eigenvalue weighted by Gasteiger charge is -2.47. The van der Waals surface area contributed by atoms with Gasteiger partial charge in [-0.25, -0.2) is 9.59 Å². The Morgan fingerprint density at radius 2 is 1.90 bits per heavy atom. The van der Waals surface area contributed by atoms with E-state index in [1.54, 1.807) is 0 Å². The average Bonchev–Trinajstić information content (AvgIpc) is 2.40. The van der Waals surface area contributed by atoms with Crippen LogP contribution in [0, 0.1) is 0 Å². The van der Waals surface area contributed by atoms with Gasteiger partial charge in [-0.1, -0.05) is 30.3 Å². The molecule has 1 fully saturated rings. The van der Waals surface area contributed by atoms with Gasteiger partial charge in [0.05, 0.1) is 0 Å². The maximum Gasteiger partial charge on any atom is 0.411 e. The quantitative estimate of drug-likeness (QED) is 0.905. The molecule has 5 heteroatoms. The van der Waals surface area contributed by atoms with E-state index in [1.165, 1.54) is 4.90 Å². The van der Waals surface area contributed by atoms with Crippen LogP contribution in [0.5, 0.6) is 0 Å². The Morgan fingerprint density at radius 1 is 1.29 bits per heavy atom. The Labute approximate surface area is 124 Å². The minimum absolute atomic E-state index is 0.151. The summed E-state index contributed by atoms with van der Waals surface area (Å²) in [5.41, 5.74) is -0.213. The molecular weight excluding hydrogens is 270 g/mol. The molecule has 0 radical (unpaired) electrons. The predicted molar refractivity (Wildman–Crippen MR) is 77.8 cm³/mol. The third-order valence-electron chi connectivity index (χ3n) is 3.96. The number of amides is 1. The Balaban J connectivity index is 2.08. The monoisotopic (exact) mass is 291 g/mol. The van der Waals surface area contributed by atoms with Crippen molar-refractivity contribution < 1.29 is 19.4 Å². The molecule has 0 unspecified atom stereocenters. The van der Waals surface area contributed by atoms with Crippen molar-refractivity contribution in [3.8, 4) is 0 Å². The summed E-state index contributed by atoms with van der Waals surface area (Å²) >= 11 is 0. The van der Waals surface area contributed by atoms with Gasteiger partial charge in [0.1, 0.15) is 12.1 Å². The van der Waals surface area contributed by atoms with E-state index in [1.807, 2.05) is 44.2 Å². The molecule has 1 aromatic carbocycles. The van der Waals surface area contributed by atoms with Crippen LogP contribution in [0.1, 0.15) is 38.7 Å². The highest BCUT2D eigenvalue weighted by molar-refractivity contribution is 5.85. The van der Waals surface area contributed by atoms with E-state index in [9.17, 15) is 14.7 Å². The van der Waals surface area contributed by atoms with Gasteiger partial charge >= 0.3 is 12.1 Å². The molecule has 2 rings (SSSR count). The summed E-state index contributed by atoms with van der Waals surface area (Å²) in [4.78, 5) is 25.3. The first kappa shape index (κ1) is 15.4. The zero-order chi connectivity index (χ0) is 15.5. The van der Waals surface area contributed by atoms with Gasteiger partial charge in [0.15, 0.2) is 0 Å². The summed E-state index contributed by atoms with van der Waals surface area (Å²) < 4.78 is 5.31. The second-order valence-corrected chi connectivity index (χ2v) is 5.69. The molecule has 0 spiro atoms. The fourth-order valence-electron chi connectivity index (χ4n) is 2.74. The van der Waals surface area contributed by atoms with Crippen molar-refractivity contribution in [1.82, 2.24) is 4.90 Å². The van der Waals surface area contributed by atoms with E-state index in [-0.39, 0.29) is 12.6 Å². The van der Waals surface area contributed by atoms with Gasteiger partial charge in [0.2, 0.25) is 0 Å². The number of hydrogen-bond donors (Lipinski definition) is 1. The summed E-state index contributed by atoms with van der Waals surface area (Å²) in [7, 11) is 0. The number of carboxylic acids is 1. The molecule has 0 saturated heterocycles. The van der Waals surface area contributed by atoms with Crippen LogP contribution in [0.4, 0.5) is 4.79 Å². The largest absolute Gasteiger partial charge is 0.479 e. The predicted octanol–water partition coefficient (Wildman–Crippen LogP) is 3.04. The molecule has 1 aromatic rings. The number of benzene rings is 1. The van der Waals surface area contributed by atoms with E-state index in [0.29, 0.717) is 12.8 Å². The minimum atomic E-state index is -1.10. The highest BCUT2D eigenvalue weighted by Gasteiger charge is 2.53. The molecule has 0 bridgehead atoms. The summed E-state index contributed by atoms with van der Waals surface area (Å²) in [5.74, 6) is -0.945. The summed E-state index contributed by atoms with van der Waals surface area (Å²) in [6, 6.07) is 9.14. The average molecular weight is 291 g/mol. The zero-order valence-electron chi connectivity index (χ0n) is 12.4. The summed E-state index contributed by atoms with van der Waals surface area (Å²) in [6.45, 7) is 3.78. The molecule has 0 atom stereocenters. The van der Waals surface area contributed by atoms with Crippen LogP contribution in [-0.2, 0) is 16.1 Å². The maximum absolute atomic E-state index is 12.3. The number of hydrogen-bond acceptors (Lipinski definition) is 3. The zero-order valence-corrected chi connectivity index (χ0v) is 12.4. The lowest BCUT2D eigenvalue weighted by Crippen LogP contribution is -2.63. The molecule has 0 aliphatic heterocycles. The first-order chi connectivity index (χ1) is 9.97. The lowest BCUT2D eigenvalue weighted by molar-refractivity contribution is -0.158. The van der Waals surface area contributed by atoms with Crippen molar-refractivity contribution >= 4 is 12.1 Å². The Kier molecular flexibility index (Phi) is 4.50. The standard InChI is InChI=1S/C16H21NO4/c1-12(2)17(16(14(18)19)9-6-10-16)15(20)21-11-13-7-4-3-5-8-13/h3-5,7-8,12H,6,9-11H2,1-2H3,(H,18,19). The first-order valence-electron chi connectivity index (χ1n) is 7.21. The minimum Gasteiger partial charge on any atom is -0.479 e. The van der Waals surface area contributed by atoms with Crippen LogP contribution >= 0.6 is 0 Å². The first-order valence-corrected chi connectivity index (χ1v) is 7.21. The van der Waals surface area contributed by atoms with Crippen molar-refractivity contribution in [2.24, 2.45) is 0 Å². The van der Waals surface area contributed by atoms with Gasteiger partial charge in [-0.2, -0.15) is 0 Å². The van der Waals surface area contributed by atoms with Crippen molar-refractivity contribution in [3.63, 3.8) is 0 Å². The topological polar surface area (TPSA) is 66.8 Å². The van der Waals surface area contributed by atoms with E-state index >= 15 is 0 Å². The number of nitrogens with zero attached hydrogens (tertiary/aromatic N) is 1. The highest BCUT2D eigenvalue weighted by Crippen LogP contribution is 2.39. The van der Waals surface area contributed by atoms with Crippen molar-refractivity contribution in [2.45, 2.75) is 51.3 Å². The van der Waals surface area contributed by atoms with Gasteiger partial charge in [-0.3, -0.25) is 4.90 Å². The molecule has 1 amide bonds. The highest BCUT2D eigenvalue weighted by atomic mass is 16.6. The fraction of sp³-hybridized carbons (Fsp3) is 0.500. The van der Waals surface area contributed by atoms with Crippen LogP contribution in [0.15, 0.2) is 30.3 Å². The van der Waals surface area contributed by atoms with Crippen LogP contribution in [-0.4, -0.2) is 33.6 Å². The van der Waals surface area contributed by atoms with Crippen molar-refractivity contribution in [1.29, 1.82) is 0 Å². The molecule has 1 N–H and O–H groups in total. The molecular formula is C16H21NO4. The number of rotatable bonds is 5. The SMILES string of the molecule is CC(C)N(C(=O)OCc1ccccc1)C1(C(=O)O)CCC1. The third-order valence-corrected chi connectivity index (χ3v) is 3.96. The second kappa shape index (κ2) is 6.16. The molecule has 21 heavy (non-hydrogen) atoms. The van der Waals surface area contributed by atoms with Crippen LogP contribution in [0.25, 0.3) is 0 Å². The molecule has 5 nitrogen and oxygen atoms in total. The normalized spacial score (nSPS) is 16.1. The molecule has 1 aliphatic carbocycles. The van der Waals surface area contributed by atoms with Crippen LogP contribution < -0.4 is 0 Å². The molecule has 0 heterocycles. The summed E-state index contributed by atoms with van der Waals surface area (Å²) in [6.07, 6.45) is 1.24. The van der Waals surface area contributed by atoms with E-state index in [2.05, 4.69) is 0 Å². The Hall–Kier alpha value is -2.04. The Morgan fingerprint density at radius 3 is 2.33 bits per heavy atom. The van der Waals surface area contributed by atoms with Crippen LogP contribution in [0.3, 0.4) is 0 Å². The Bertz CT molecular complexity index is 508. The molecule has 1 aliphatic rings. The number of aliphatic carboxylic acids is 1. The smallest absolute Gasteiger partial charge is 0.411 e. The van der Waals surface area contributed by atoms with E-state index in [4.69, 9.17) is 4.74 Å². The van der Waals surface area contributed by atoms with Gasteiger partial charge in [0.25, 0.3) is 0 Å². The number of carbonyl (C=O) groups is 2. The van der Waals surface area contributed by atoms with Gasteiger partial charge in [-0.05, 0) is 38.7 Å². The number of carbonyl (C=O) groups excluding carboxylic acids is 1. The van der Waals surface area contributed by atoms with Crippen molar-refractivity contribution in [2.75, 3.05) is 0 Å².